The second-order valence-corrected chi connectivity index (χ2v) is 9.69. The van der Waals surface area contributed by atoms with E-state index in [2.05, 4.69) is 10.1 Å². The van der Waals surface area contributed by atoms with Gasteiger partial charge in [-0.1, -0.05) is 53.0 Å². The van der Waals surface area contributed by atoms with Gasteiger partial charge >= 0.3 is 5.97 Å². The van der Waals surface area contributed by atoms with E-state index >= 15 is 0 Å². The molecule has 0 aliphatic rings. The Morgan fingerprint density at radius 2 is 1.64 bits per heavy atom. The maximum atomic E-state index is 13.4. The van der Waals surface area contributed by atoms with Crippen molar-refractivity contribution in [1.82, 2.24) is 0 Å². The second-order valence-electron chi connectivity index (χ2n) is 7.01. The molecule has 0 saturated heterocycles. The highest BCUT2D eigenvalue weighted by Crippen LogP contribution is 2.30. The molecule has 172 valence electrons. The summed E-state index contributed by atoms with van der Waals surface area (Å²) >= 11 is 12.3. The first-order valence-electron chi connectivity index (χ1n) is 9.65. The molecule has 1 N–H and O–H groups in total. The van der Waals surface area contributed by atoms with E-state index in [9.17, 15) is 18.0 Å². The van der Waals surface area contributed by atoms with Crippen LogP contribution in [0.5, 0.6) is 0 Å². The Kier molecular flexibility index (Phi) is 7.63. The molecule has 10 heteroatoms. The van der Waals surface area contributed by atoms with Crippen LogP contribution in [0.4, 0.5) is 11.4 Å². The van der Waals surface area contributed by atoms with Gasteiger partial charge in [-0.3, -0.25) is 9.10 Å². The minimum absolute atomic E-state index is 0.0142. The molecule has 0 radical (unpaired) electrons. The first kappa shape index (κ1) is 24.6. The number of carbonyl (C=O) groups is 2. The molecule has 33 heavy (non-hydrogen) atoms. The predicted octanol–water partition coefficient (Wildman–Crippen LogP) is 4.92. The number of para-hydroxylation sites is 1. The second kappa shape index (κ2) is 10.2. The summed E-state index contributed by atoms with van der Waals surface area (Å²) in [4.78, 5) is 24.7. The summed E-state index contributed by atoms with van der Waals surface area (Å²) in [5.74, 6) is -1.32. The number of ether oxygens (including phenoxy) is 1. The summed E-state index contributed by atoms with van der Waals surface area (Å²) in [5, 5.41) is 2.91. The Balaban J connectivity index is 1.94. The van der Waals surface area contributed by atoms with E-state index in [0.717, 1.165) is 9.87 Å². The standard InChI is InChI=1S/C23H20Cl2N2O5S/c1-15-7-10-17(11-8-15)33(30,31)27(21-6-4-3-5-20(21)25)14-22(28)26-16-9-12-19(24)18(13-16)23(29)32-2/h3-13H,14H2,1-2H3,(H,26,28). The van der Waals surface area contributed by atoms with Gasteiger partial charge in [-0.25, -0.2) is 13.2 Å². The molecule has 0 heterocycles. The fourth-order valence-electron chi connectivity index (χ4n) is 2.99. The van der Waals surface area contributed by atoms with Crippen molar-refractivity contribution in [2.24, 2.45) is 0 Å². The number of anilines is 2. The monoisotopic (exact) mass is 506 g/mol. The fraction of sp³-hybridized carbons (Fsp3) is 0.130. The Bertz CT molecular complexity index is 1290. The summed E-state index contributed by atoms with van der Waals surface area (Å²) in [7, 11) is -2.91. The third-order valence-electron chi connectivity index (χ3n) is 4.67. The Morgan fingerprint density at radius 1 is 0.970 bits per heavy atom. The number of hydrogen-bond donors (Lipinski definition) is 1. The van der Waals surface area contributed by atoms with Crippen LogP contribution in [-0.2, 0) is 19.6 Å². The van der Waals surface area contributed by atoms with E-state index in [1.807, 2.05) is 6.92 Å². The fourth-order valence-corrected chi connectivity index (χ4v) is 4.91. The van der Waals surface area contributed by atoms with Crippen LogP contribution in [0.1, 0.15) is 15.9 Å². The van der Waals surface area contributed by atoms with Gasteiger partial charge < -0.3 is 10.1 Å². The van der Waals surface area contributed by atoms with E-state index < -0.39 is 28.4 Å². The number of rotatable bonds is 7. The van der Waals surface area contributed by atoms with Crippen molar-refractivity contribution in [3.05, 3.63) is 87.9 Å². The molecule has 0 spiro atoms. The number of benzene rings is 3. The van der Waals surface area contributed by atoms with Crippen LogP contribution in [0, 0.1) is 6.92 Å². The number of methoxy groups -OCH3 is 1. The van der Waals surface area contributed by atoms with Crippen molar-refractivity contribution < 1.29 is 22.7 Å². The largest absolute Gasteiger partial charge is 0.465 e. The topological polar surface area (TPSA) is 92.8 Å². The molecule has 0 aromatic heterocycles. The number of nitrogens with zero attached hydrogens (tertiary/aromatic N) is 1. The molecule has 3 aromatic carbocycles. The van der Waals surface area contributed by atoms with Gasteiger partial charge in [0.05, 0.1) is 33.3 Å². The van der Waals surface area contributed by atoms with E-state index in [-0.39, 0.29) is 31.9 Å². The predicted molar refractivity (Wildman–Crippen MR) is 129 cm³/mol. The first-order chi connectivity index (χ1) is 15.6. The van der Waals surface area contributed by atoms with Gasteiger partial charge in [-0.15, -0.1) is 0 Å². The van der Waals surface area contributed by atoms with Gasteiger partial charge in [-0.05, 0) is 49.4 Å². The molecular weight excluding hydrogens is 487 g/mol. The smallest absolute Gasteiger partial charge is 0.339 e. The molecule has 0 atom stereocenters. The number of amides is 1. The van der Waals surface area contributed by atoms with E-state index in [1.165, 1.54) is 49.6 Å². The minimum Gasteiger partial charge on any atom is -0.465 e. The van der Waals surface area contributed by atoms with Gasteiger partial charge in [0.1, 0.15) is 6.54 Å². The summed E-state index contributed by atoms with van der Waals surface area (Å²) in [6.07, 6.45) is 0. The zero-order chi connectivity index (χ0) is 24.2. The van der Waals surface area contributed by atoms with Gasteiger partial charge in [-0.2, -0.15) is 0 Å². The molecule has 0 unspecified atom stereocenters. The zero-order valence-corrected chi connectivity index (χ0v) is 20.0. The molecule has 0 saturated carbocycles. The van der Waals surface area contributed by atoms with Gasteiger partial charge in [0.2, 0.25) is 5.91 Å². The normalized spacial score (nSPS) is 11.0. The van der Waals surface area contributed by atoms with Crippen molar-refractivity contribution in [2.45, 2.75) is 11.8 Å². The molecular formula is C23H20Cl2N2O5S. The van der Waals surface area contributed by atoms with E-state index in [0.29, 0.717) is 0 Å². The highest BCUT2D eigenvalue weighted by Gasteiger charge is 2.28. The van der Waals surface area contributed by atoms with Crippen LogP contribution >= 0.6 is 23.2 Å². The first-order valence-corrected chi connectivity index (χ1v) is 11.8. The number of sulfonamides is 1. The SMILES string of the molecule is COC(=O)c1cc(NC(=O)CN(c2ccccc2Cl)S(=O)(=O)c2ccc(C)cc2)ccc1Cl. The van der Waals surface area contributed by atoms with Crippen LogP contribution in [0.3, 0.4) is 0 Å². The highest BCUT2D eigenvalue weighted by molar-refractivity contribution is 7.92. The van der Waals surface area contributed by atoms with Crippen molar-refractivity contribution in [1.29, 1.82) is 0 Å². The van der Waals surface area contributed by atoms with Crippen LogP contribution in [0.2, 0.25) is 10.0 Å². The maximum absolute atomic E-state index is 13.4. The van der Waals surface area contributed by atoms with Crippen LogP contribution in [-0.4, -0.2) is 33.9 Å². The quantitative estimate of drug-likeness (QED) is 0.459. The molecule has 7 nitrogen and oxygen atoms in total. The summed E-state index contributed by atoms with van der Waals surface area (Å²) < 4.78 is 32.5. The average molecular weight is 507 g/mol. The Labute approximate surface area is 201 Å². The Hall–Kier alpha value is -3.07. The Morgan fingerprint density at radius 3 is 2.27 bits per heavy atom. The molecule has 1 amide bonds. The molecule has 3 aromatic rings. The van der Waals surface area contributed by atoms with Gasteiger partial charge in [0.25, 0.3) is 10.0 Å². The van der Waals surface area contributed by atoms with Crippen molar-refractivity contribution in [3.63, 3.8) is 0 Å². The van der Waals surface area contributed by atoms with Crippen LogP contribution in [0.15, 0.2) is 71.6 Å². The van der Waals surface area contributed by atoms with Gasteiger partial charge in [0, 0.05) is 5.69 Å². The van der Waals surface area contributed by atoms with Crippen LogP contribution < -0.4 is 9.62 Å². The lowest BCUT2D eigenvalue weighted by Crippen LogP contribution is -2.38. The maximum Gasteiger partial charge on any atom is 0.339 e. The molecule has 0 bridgehead atoms. The highest BCUT2D eigenvalue weighted by atomic mass is 35.5. The molecule has 0 aliphatic heterocycles. The number of halogens is 2. The lowest BCUT2D eigenvalue weighted by Gasteiger charge is -2.25. The van der Waals surface area contributed by atoms with Crippen molar-refractivity contribution in [2.75, 3.05) is 23.3 Å². The van der Waals surface area contributed by atoms with Crippen molar-refractivity contribution in [3.8, 4) is 0 Å². The molecule has 0 aliphatic carbocycles. The number of carbonyl (C=O) groups excluding carboxylic acids is 2. The third kappa shape index (κ3) is 5.65. The summed E-state index contributed by atoms with van der Waals surface area (Å²) in [6, 6.07) is 16.9. The molecule has 3 rings (SSSR count). The van der Waals surface area contributed by atoms with Crippen molar-refractivity contribution >= 4 is 56.5 Å². The number of nitrogens with one attached hydrogen (secondary N) is 1. The van der Waals surface area contributed by atoms with Gasteiger partial charge in [0.15, 0.2) is 0 Å². The minimum atomic E-state index is -4.12. The van der Waals surface area contributed by atoms with E-state index in [4.69, 9.17) is 23.2 Å². The zero-order valence-electron chi connectivity index (χ0n) is 17.7. The number of esters is 1. The molecule has 0 fully saturated rings. The number of hydrogen-bond acceptors (Lipinski definition) is 5. The number of aryl methyl sites for hydroxylation is 1. The summed E-state index contributed by atoms with van der Waals surface area (Å²) in [6.45, 7) is 1.28. The lowest BCUT2D eigenvalue weighted by molar-refractivity contribution is -0.114. The van der Waals surface area contributed by atoms with E-state index in [1.54, 1.807) is 24.3 Å². The van der Waals surface area contributed by atoms with Crippen LogP contribution in [0.25, 0.3) is 0 Å². The average Bonchev–Trinajstić information content (AvgIpc) is 2.79. The summed E-state index contributed by atoms with van der Waals surface area (Å²) in [5.41, 5.74) is 1.35. The lowest BCUT2D eigenvalue weighted by atomic mass is 10.2. The third-order valence-corrected chi connectivity index (χ3v) is 7.10.